The molecule has 0 bridgehead atoms. The minimum atomic E-state index is -1.98. The maximum absolute atomic E-state index is 10.7. The van der Waals surface area contributed by atoms with Gasteiger partial charge in [0.25, 0.3) is 0 Å². The van der Waals surface area contributed by atoms with Crippen molar-refractivity contribution in [1.29, 1.82) is 0 Å². The summed E-state index contributed by atoms with van der Waals surface area (Å²) in [5.41, 5.74) is 0. The van der Waals surface area contributed by atoms with Gasteiger partial charge in [-0.05, 0) is 0 Å². The van der Waals surface area contributed by atoms with E-state index in [1.165, 1.54) is 0 Å². The molecular formula is C9H14O9. The van der Waals surface area contributed by atoms with Crippen molar-refractivity contribution in [3.05, 3.63) is 11.5 Å². The Morgan fingerprint density at radius 1 is 1.33 bits per heavy atom. The molecule has 1 aliphatic heterocycles. The second-order valence-electron chi connectivity index (χ2n) is 3.78. The summed E-state index contributed by atoms with van der Waals surface area (Å²) < 4.78 is 4.63. The lowest BCUT2D eigenvalue weighted by molar-refractivity contribution is -0.173. The molecule has 1 aliphatic rings. The summed E-state index contributed by atoms with van der Waals surface area (Å²) in [6.45, 7) is -0.859. The van der Waals surface area contributed by atoms with Gasteiger partial charge in [-0.15, -0.1) is 0 Å². The zero-order valence-corrected chi connectivity index (χ0v) is 9.04. The molecule has 0 fully saturated rings. The molecule has 0 aromatic heterocycles. The number of aliphatic hydroxyl groups is 6. The van der Waals surface area contributed by atoms with Gasteiger partial charge in [0, 0.05) is 0 Å². The maximum Gasteiger partial charge on any atom is 0.374 e. The first-order chi connectivity index (χ1) is 8.31. The Balaban J connectivity index is 3.01. The van der Waals surface area contributed by atoms with Gasteiger partial charge in [0.15, 0.2) is 11.9 Å². The molecule has 9 heteroatoms. The van der Waals surface area contributed by atoms with E-state index in [1.807, 2.05) is 0 Å². The number of carboxylic acids is 1. The summed E-state index contributed by atoms with van der Waals surface area (Å²) in [6, 6.07) is 0. The standard InChI is InChI=1S/C9H14O9/c10-1-2(11)3(12)7-5(14)4(13)6(15)8(18-7)9(16)17/h2-5,7,10-15H,1H2,(H,16,17)/t2?,3?,4?,5?,7-/m0/s1. The Labute approximate surface area is 101 Å². The number of carboxylic acid groups (broad SMARTS) is 1. The molecule has 0 amide bonds. The molecular weight excluding hydrogens is 252 g/mol. The van der Waals surface area contributed by atoms with E-state index in [4.69, 9.17) is 10.2 Å². The van der Waals surface area contributed by atoms with E-state index < -0.39 is 54.6 Å². The molecule has 0 spiro atoms. The number of carbonyl (C=O) groups is 1. The molecule has 1 heterocycles. The van der Waals surface area contributed by atoms with Crippen molar-refractivity contribution in [2.75, 3.05) is 6.61 Å². The lowest BCUT2D eigenvalue weighted by atomic mass is 9.95. The molecule has 9 nitrogen and oxygen atoms in total. The quantitative estimate of drug-likeness (QED) is 0.275. The van der Waals surface area contributed by atoms with Gasteiger partial charge in [-0.1, -0.05) is 0 Å². The molecule has 0 aliphatic carbocycles. The fourth-order valence-corrected chi connectivity index (χ4v) is 1.50. The van der Waals surface area contributed by atoms with Gasteiger partial charge in [0.05, 0.1) is 6.61 Å². The molecule has 7 N–H and O–H groups in total. The highest BCUT2D eigenvalue weighted by Crippen LogP contribution is 2.26. The molecule has 18 heavy (non-hydrogen) atoms. The van der Waals surface area contributed by atoms with E-state index in [-0.39, 0.29) is 0 Å². The summed E-state index contributed by atoms with van der Waals surface area (Å²) in [4.78, 5) is 10.7. The van der Waals surface area contributed by atoms with Crippen LogP contribution in [0.25, 0.3) is 0 Å². The highest BCUT2D eigenvalue weighted by molar-refractivity contribution is 5.85. The monoisotopic (exact) mass is 266 g/mol. The molecule has 4 unspecified atom stereocenters. The Kier molecular flexibility index (Phi) is 4.48. The maximum atomic E-state index is 10.7. The van der Waals surface area contributed by atoms with Crippen LogP contribution >= 0.6 is 0 Å². The van der Waals surface area contributed by atoms with Crippen molar-refractivity contribution in [2.45, 2.75) is 30.5 Å². The van der Waals surface area contributed by atoms with Crippen LogP contribution < -0.4 is 0 Å². The second-order valence-corrected chi connectivity index (χ2v) is 3.78. The van der Waals surface area contributed by atoms with Gasteiger partial charge in [-0.25, -0.2) is 4.79 Å². The summed E-state index contributed by atoms with van der Waals surface area (Å²) in [6.07, 6.45) is -9.09. The minimum absolute atomic E-state index is 0.859. The molecule has 0 saturated heterocycles. The fourth-order valence-electron chi connectivity index (χ4n) is 1.50. The number of aliphatic carboxylic acids is 1. The van der Waals surface area contributed by atoms with E-state index in [0.717, 1.165) is 0 Å². The van der Waals surface area contributed by atoms with Crippen LogP contribution in [0, 0.1) is 0 Å². The topological polar surface area (TPSA) is 168 Å². The van der Waals surface area contributed by atoms with Crippen LogP contribution in [0.5, 0.6) is 0 Å². The van der Waals surface area contributed by atoms with E-state index >= 15 is 0 Å². The smallest absolute Gasteiger partial charge is 0.374 e. The van der Waals surface area contributed by atoms with Crippen LogP contribution in [0.15, 0.2) is 11.5 Å². The third-order valence-electron chi connectivity index (χ3n) is 2.54. The summed E-state index contributed by atoms with van der Waals surface area (Å²) in [5, 5.41) is 64.1. The zero-order valence-electron chi connectivity index (χ0n) is 9.04. The lowest BCUT2D eigenvalue weighted by Crippen LogP contribution is -2.54. The van der Waals surface area contributed by atoms with Crippen molar-refractivity contribution in [3.63, 3.8) is 0 Å². The first-order valence-corrected chi connectivity index (χ1v) is 4.97. The van der Waals surface area contributed by atoms with Gasteiger partial charge >= 0.3 is 5.97 Å². The van der Waals surface area contributed by atoms with Crippen LogP contribution in [-0.2, 0) is 9.53 Å². The largest absolute Gasteiger partial charge is 0.506 e. The van der Waals surface area contributed by atoms with Crippen molar-refractivity contribution in [3.8, 4) is 0 Å². The molecule has 5 atom stereocenters. The minimum Gasteiger partial charge on any atom is -0.506 e. The molecule has 0 saturated carbocycles. The lowest BCUT2D eigenvalue weighted by Gasteiger charge is -2.36. The summed E-state index contributed by atoms with van der Waals surface area (Å²) in [7, 11) is 0. The van der Waals surface area contributed by atoms with Crippen LogP contribution in [0.4, 0.5) is 0 Å². The first-order valence-electron chi connectivity index (χ1n) is 4.97. The number of ether oxygens (including phenoxy) is 1. The molecule has 0 aromatic carbocycles. The van der Waals surface area contributed by atoms with E-state index in [0.29, 0.717) is 0 Å². The second kappa shape index (κ2) is 5.50. The van der Waals surface area contributed by atoms with E-state index in [9.17, 15) is 30.3 Å². The van der Waals surface area contributed by atoms with Crippen molar-refractivity contribution >= 4 is 5.97 Å². The summed E-state index contributed by atoms with van der Waals surface area (Å²) >= 11 is 0. The highest BCUT2D eigenvalue weighted by Gasteiger charge is 2.45. The third-order valence-corrected chi connectivity index (χ3v) is 2.54. The average molecular weight is 266 g/mol. The SMILES string of the molecule is O=C(O)C1=C(O)C(O)C(O)[C@H](C(O)C(O)CO)O1. The Hall–Kier alpha value is -1.39. The number of rotatable bonds is 4. The Morgan fingerprint density at radius 3 is 2.33 bits per heavy atom. The van der Waals surface area contributed by atoms with Crippen molar-refractivity contribution in [1.82, 2.24) is 0 Å². The van der Waals surface area contributed by atoms with Gasteiger partial charge in [0.2, 0.25) is 5.76 Å². The van der Waals surface area contributed by atoms with Crippen LogP contribution in [0.2, 0.25) is 0 Å². The van der Waals surface area contributed by atoms with E-state index in [2.05, 4.69) is 4.74 Å². The third kappa shape index (κ3) is 2.54. The number of hydrogen-bond acceptors (Lipinski definition) is 8. The van der Waals surface area contributed by atoms with Gasteiger partial charge in [0.1, 0.15) is 24.4 Å². The normalized spacial score (nSPS) is 31.7. The predicted octanol–water partition coefficient (Wildman–Crippen LogP) is -3.32. The van der Waals surface area contributed by atoms with Crippen molar-refractivity contribution in [2.24, 2.45) is 0 Å². The average Bonchev–Trinajstić information content (AvgIpc) is 2.34. The fraction of sp³-hybridized carbons (Fsp3) is 0.667. The molecule has 0 radical (unpaired) electrons. The van der Waals surface area contributed by atoms with Gasteiger partial charge < -0.3 is 40.5 Å². The zero-order chi connectivity index (χ0) is 14.0. The number of hydrogen-bond donors (Lipinski definition) is 7. The molecule has 1 rings (SSSR count). The van der Waals surface area contributed by atoms with Gasteiger partial charge in [-0.3, -0.25) is 0 Å². The molecule has 0 aromatic rings. The molecule has 104 valence electrons. The van der Waals surface area contributed by atoms with Crippen LogP contribution in [-0.4, -0.2) is 78.8 Å². The van der Waals surface area contributed by atoms with Crippen LogP contribution in [0.3, 0.4) is 0 Å². The predicted molar refractivity (Wildman–Crippen MR) is 53.3 cm³/mol. The van der Waals surface area contributed by atoms with Crippen molar-refractivity contribution < 1.29 is 45.3 Å². The summed E-state index contributed by atoms with van der Waals surface area (Å²) in [5.74, 6) is -3.84. The first kappa shape index (κ1) is 14.7. The Morgan fingerprint density at radius 2 is 1.89 bits per heavy atom. The van der Waals surface area contributed by atoms with Crippen LogP contribution in [0.1, 0.15) is 0 Å². The Bertz CT molecular complexity index is 352. The number of aliphatic hydroxyl groups excluding tert-OH is 6. The highest BCUT2D eigenvalue weighted by atomic mass is 16.6. The van der Waals surface area contributed by atoms with E-state index in [1.54, 1.807) is 0 Å². The van der Waals surface area contributed by atoms with Gasteiger partial charge in [-0.2, -0.15) is 0 Å².